The summed E-state index contributed by atoms with van der Waals surface area (Å²) in [7, 11) is 1.60. The Balaban J connectivity index is 2.94. The highest BCUT2D eigenvalue weighted by molar-refractivity contribution is 5.77. The van der Waals surface area contributed by atoms with E-state index < -0.39 is 0 Å². The van der Waals surface area contributed by atoms with Crippen molar-refractivity contribution < 1.29 is 4.39 Å². The van der Waals surface area contributed by atoms with Crippen LogP contribution in [0.25, 0.3) is 0 Å². The Bertz CT molecular complexity index is 215. The molecule has 0 atom stereocenters. The number of aromatic amines is 1. The molecule has 0 saturated heterocycles. The predicted molar refractivity (Wildman–Crippen MR) is 34.3 cm³/mol. The molecule has 0 aromatic carbocycles. The Morgan fingerprint density at radius 2 is 2.56 bits per heavy atom. The summed E-state index contributed by atoms with van der Waals surface area (Å²) in [6, 6.07) is 1.36. The summed E-state index contributed by atoms with van der Waals surface area (Å²) in [6.07, 6.45) is 2.97. The summed E-state index contributed by atoms with van der Waals surface area (Å²) in [4.78, 5) is 6.32. The smallest absolute Gasteiger partial charge is 0.149 e. The van der Waals surface area contributed by atoms with Gasteiger partial charge in [0, 0.05) is 19.5 Å². The normalized spacial score (nSPS) is 10.9. The molecule has 0 saturated carbocycles. The van der Waals surface area contributed by atoms with Crippen LogP contribution in [0.5, 0.6) is 0 Å². The molecule has 1 aromatic rings. The summed E-state index contributed by atoms with van der Waals surface area (Å²) in [5.41, 5.74) is 0.428. The number of halogens is 1. The van der Waals surface area contributed by atoms with Crippen LogP contribution < -0.4 is 0 Å². The third kappa shape index (κ3) is 1.16. The maximum absolute atomic E-state index is 12.4. The Hall–Kier alpha value is -1.12. The van der Waals surface area contributed by atoms with Gasteiger partial charge in [0.15, 0.2) is 0 Å². The Morgan fingerprint density at radius 3 is 3.00 bits per heavy atom. The SMILES string of the molecule is CN=Cc1[nH]ccc1F. The molecule has 0 unspecified atom stereocenters. The minimum Gasteiger partial charge on any atom is -0.358 e. The zero-order valence-corrected chi connectivity index (χ0v) is 5.06. The molecular formula is C6H7FN2. The van der Waals surface area contributed by atoms with Crippen LogP contribution in [0.2, 0.25) is 0 Å². The van der Waals surface area contributed by atoms with Crippen LogP contribution in [0.4, 0.5) is 4.39 Å². The highest BCUT2D eigenvalue weighted by atomic mass is 19.1. The monoisotopic (exact) mass is 126 g/mol. The molecule has 0 spiro atoms. The molecule has 2 nitrogen and oxygen atoms in total. The molecule has 0 aliphatic carbocycles. The van der Waals surface area contributed by atoms with Crippen molar-refractivity contribution in [1.29, 1.82) is 0 Å². The number of H-pyrrole nitrogens is 1. The molecular weight excluding hydrogens is 119 g/mol. The van der Waals surface area contributed by atoms with Crippen molar-refractivity contribution in [2.45, 2.75) is 0 Å². The lowest BCUT2D eigenvalue weighted by Gasteiger charge is -1.81. The number of rotatable bonds is 1. The Morgan fingerprint density at radius 1 is 1.78 bits per heavy atom. The number of aromatic nitrogens is 1. The first-order chi connectivity index (χ1) is 4.34. The fraction of sp³-hybridized carbons (Fsp3) is 0.167. The minimum absolute atomic E-state index is 0.263. The van der Waals surface area contributed by atoms with Crippen molar-refractivity contribution in [1.82, 2.24) is 4.98 Å². The quantitative estimate of drug-likeness (QED) is 0.548. The first kappa shape index (κ1) is 6.01. The van der Waals surface area contributed by atoms with Crippen LogP contribution in [0.15, 0.2) is 17.3 Å². The molecule has 0 amide bonds. The fourth-order valence-electron chi connectivity index (χ4n) is 0.591. The van der Waals surface area contributed by atoms with Gasteiger partial charge in [0.2, 0.25) is 0 Å². The van der Waals surface area contributed by atoms with Crippen LogP contribution in [-0.4, -0.2) is 18.2 Å². The van der Waals surface area contributed by atoms with E-state index in [9.17, 15) is 4.39 Å². The summed E-state index contributed by atoms with van der Waals surface area (Å²) in [6.45, 7) is 0. The van der Waals surface area contributed by atoms with E-state index in [1.807, 2.05) is 0 Å². The average Bonchev–Trinajstić information content (AvgIpc) is 2.18. The van der Waals surface area contributed by atoms with Gasteiger partial charge in [-0.2, -0.15) is 0 Å². The van der Waals surface area contributed by atoms with E-state index in [4.69, 9.17) is 0 Å². The van der Waals surface area contributed by atoms with Gasteiger partial charge in [-0.05, 0) is 6.07 Å². The second-order valence-corrected chi connectivity index (χ2v) is 1.63. The fourth-order valence-corrected chi connectivity index (χ4v) is 0.591. The van der Waals surface area contributed by atoms with E-state index in [-0.39, 0.29) is 5.82 Å². The number of nitrogens with one attached hydrogen (secondary N) is 1. The lowest BCUT2D eigenvalue weighted by molar-refractivity contribution is 0.627. The molecule has 1 heterocycles. The van der Waals surface area contributed by atoms with Crippen molar-refractivity contribution >= 4 is 6.21 Å². The highest BCUT2D eigenvalue weighted by Crippen LogP contribution is 1.99. The number of nitrogens with zero attached hydrogens (tertiary/aromatic N) is 1. The average molecular weight is 126 g/mol. The van der Waals surface area contributed by atoms with Gasteiger partial charge in [0.05, 0.1) is 5.69 Å². The number of hydrogen-bond acceptors (Lipinski definition) is 1. The lowest BCUT2D eigenvalue weighted by Crippen LogP contribution is -1.82. The zero-order valence-electron chi connectivity index (χ0n) is 5.06. The van der Waals surface area contributed by atoms with Gasteiger partial charge in [-0.15, -0.1) is 0 Å². The van der Waals surface area contributed by atoms with E-state index in [1.54, 1.807) is 7.05 Å². The summed E-state index contributed by atoms with van der Waals surface area (Å²) < 4.78 is 12.4. The third-order valence-electron chi connectivity index (χ3n) is 0.984. The molecule has 0 fully saturated rings. The molecule has 1 rings (SSSR count). The van der Waals surface area contributed by atoms with Gasteiger partial charge in [0.1, 0.15) is 5.82 Å². The highest BCUT2D eigenvalue weighted by Gasteiger charge is 1.95. The Kier molecular flexibility index (Phi) is 1.63. The standard InChI is InChI=1S/C6H7FN2/c1-8-4-6-5(7)2-3-9-6/h2-4,9H,1H3. The van der Waals surface area contributed by atoms with Crippen LogP contribution in [0.1, 0.15) is 5.69 Å². The zero-order chi connectivity index (χ0) is 6.69. The molecule has 48 valence electrons. The predicted octanol–water partition coefficient (Wildman–Crippen LogP) is 1.20. The van der Waals surface area contributed by atoms with Crippen LogP contribution in [-0.2, 0) is 0 Å². The van der Waals surface area contributed by atoms with Gasteiger partial charge >= 0.3 is 0 Å². The van der Waals surface area contributed by atoms with Crippen LogP contribution >= 0.6 is 0 Å². The van der Waals surface area contributed by atoms with Crippen molar-refractivity contribution in [3.05, 3.63) is 23.8 Å². The lowest BCUT2D eigenvalue weighted by atomic mass is 10.4. The molecule has 3 heteroatoms. The van der Waals surface area contributed by atoms with Gasteiger partial charge in [-0.1, -0.05) is 0 Å². The van der Waals surface area contributed by atoms with Crippen molar-refractivity contribution in [2.24, 2.45) is 4.99 Å². The van der Waals surface area contributed by atoms with E-state index in [1.165, 1.54) is 18.5 Å². The first-order valence-corrected chi connectivity index (χ1v) is 2.59. The largest absolute Gasteiger partial charge is 0.358 e. The van der Waals surface area contributed by atoms with Crippen LogP contribution in [0.3, 0.4) is 0 Å². The van der Waals surface area contributed by atoms with Crippen molar-refractivity contribution in [3.63, 3.8) is 0 Å². The van der Waals surface area contributed by atoms with Crippen molar-refractivity contribution in [2.75, 3.05) is 7.05 Å². The van der Waals surface area contributed by atoms with E-state index in [2.05, 4.69) is 9.98 Å². The topological polar surface area (TPSA) is 28.1 Å². The summed E-state index contributed by atoms with van der Waals surface area (Å²) in [5.74, 6) is -0.263. The molecule has 1 N–H and O–H groups in total. The van der Waals surface area contributed by atoms with Gasteiger partial charge in [0.25, 0.3) is 0 Å². The van der Waals surface area contributed by atoms with Gasteiger partial charge < -0.3 is 4.98 Å². The molecule has 9 heavy (non-hydrogen) atoms. The minimum atomic E-state index is -0.263. The van der Waals surface area contributed by atoms with E-state index in [0.29, 0.717) is 5.69 Å². The van der Waals surface area contributed by atoms with Gasteiger partial charge in [-0.25, -0.2) is 4.39 Å². The second kappa shape index (κ2) is 2.44. The third-order valence-corrected chi connectivity index (χ3v) is 0.984. The maximum Gasteiger partial charge on any atom is 0.149 e. The van der Waals surface area contributed by atoms with Gasteiger partial charge in [-0.3, -0.25) is 4.99 Å². The summed E-state index contributed by atoms with van der Waals surface area (Å²) in [5, 5.41) is 0. The Labute approximate surface area is 52.4 Å². The van der Waals surface area contributed by atoms with Crippen LogP contribution in [0, 0.1) is 5.82 Å². The molecule has 0 bridgehead atoms. The maximum atomic E-state index is 12.4. The number of hydrogen-bond donors (Lipinski definition) is 1. The first-order valence-electron chi connectivity index (χ1n) is 2.59. The van der Waals surface area contributed by atoms with Crippen molar-refractivity contribution in [3.8, 4) is 0 Å². The van der Waals surface area contributed by atoms with E-state index >= 15 is 0 Å². The second-order valence-electron chi connectivity index (χ2n) is 1.63. The molecule has 0 aliphatic rings. The summed E-state index contributed by atoms with van der Waals surface area (Å²) >= 11 is 0. The molecule has 0 radical (unpaired) electrons. The van der Waals surface area contributed by atoms with E-state index in [0.717, 1.165) is 0 Å². The number of aliphatic imine (C=N–C) groups is 1. The molecule has 0 aliphatic heterocycles. The molecule has 1 aromatic heterocycles.